The van der Waals surface area contributed by atoms with Crippen molar-refractivity contribution in [3.63, 3.8) is 0 Å². The van der Waals surface area contributed by atoms with E-state index in [9.17, 15) is 5.26 Å². The number of likely N-dealkylation sites (tertiary alicyclic amines) is 1. The number of nitrogens with one attached hydrogen (secondary N) is 1. The number of nitriles is 1. The molecule has 124 valence electrons. The van der Waals surface area contributed by atoms with Crippen molar-refractivity contribution in [2.75, 3.05) is 19.6 Å². The Kier molecular flexibility index (Phi) is 5.70. The minimum atomic E-state index is -0.287. The Hall–Kier alpha value is -1.37. The molecule has 23 heavy (non-hydrogen) atoms. The van der Waals surface area contributed by atoms with Gasteiger partial charge in [-0.1, -0.05) is 49.6 Å². The highest BCUT2D eigenvalue weighted by Gasteiger charge is 2.34. The van der Waals surface area contributed by atoms with Gasteiger partial charge in [0.05, 0.1) is 6.07 Å². The molecule has 0 aromatic heterocycles. The van der Waals surface area contributed by atoms with Crippen LogP contribution in [0.3, 0.4) is 0 Å². The van der Waals surface area contributed by atoms with Crippen molar-refractivity contribution < 1.29 is 0 Å². The molecule has 0 amide bonds. The highest BCUT2D eigenvalue weighted by molar-refractivity contribution is 5.15. The van der Waals surface area contributed by atoms with E-state index in [-0.39, 0.29) is 5.54 Å². The Morgan fingerprint density at radius 3 is 2.43 bits per heavy atom. The average molecular weight is 311 g/mol. The lowest BCUT2D eigenvalue weighted by atomic mass is 9.85. The summed E-state index contributed by atoms with van der Waals surface area (Å²) >= 11 is 0. The zero-order valence-corrected chi connectivity index (χ0v) is 14.1. The Morgan fingerprint density at radius 1 is 1.09 bits per heavy atom. The molecule has 3 heteroatoms. The van der Waals surface area contributed by atoms with Crippen molar-refractivity contribution in [1.82, 2.24) is 10.2 Å². The molecule has 1 saturated carbocycles. The van der Waals surface area contributed by atoms with Crippen LogP contribution >= 0.6 is 0 Å². The highest BCUT2D eigenvalue weighted by atomic mass is 15.2. The van der Waals surface area contributed by atoms with Crippen LogP contribution in [0.2, 0.25) is 0 Å². The first-order valence-electron chi connectivity index (χ1n) is 9.22. The van der Waals surface area contributed by atoms with E-state index in [1.165, 1.54) is 37.7 Å². The van der Waals surface area contributed by atoms with Crippen LogP contribution in [0.15, 0.2) is 30.3 Å². The van der Waals surface area contributed by atoms with Gasteiger partial charge in [-0.3, -0.25) is 10.2 Å². The van der Waals surface area contributed by atoms with Crippen LogP contribution in [0.25, 0.3) is 0 Å². The fourth-order valence-electron chi connectivity index (χ4n) is 3.99. The number of benzene rings is 1. The van der Waals surface area contributed by atoms with Crippen molar-refractivity contribution in [3.8, 4) is 6.07 Å². The van der Waals surface area contributed by atoms with E-state index in [2.05, 4.69) is 46.6 Å². The molecule has 1 saturated heterocycles. The molecule has 0 bridgehead atoms. The van der Waals surface area contributed by atoms with Gasteiger partial charge in [0, 0.05) is 19.6 Å². The van der Waals surface area contributed by atoms with Crippen molar-refractivity contribution in [1.29, 1.82) is 5.26 Å². The topological polar surface area (TPSA) is 39.1 Å². The van der Waals surface area contributed by atoms with E-state index in [4.69, 9.17) is 0 Å². The second-order valence-electron chi connectivity index (χ2n) is 7.34. The molecule has 3 nitrogen and oxygen atoms in total. The standard InChI is InChI=1S/C20H29N3/c21-17-20(22-15-18-7-3-1-4-8-18)11-13-23(14-12-20)16-19-9-5-2-6-10-19/h2,5-6,9-10,18,22H,1,3-4,7-8,11-16H2. The summed E-state index contributed by atoms with van der Waals surface area (Å²) in [5, 5.41) is 13.4. The summed E-state index contributed by atoms with van der Waals surface area (Å²) in [6.45, 7) is 4.07. The Morgan fingerprint density at radius 2 is 1.78 bits per heavy atom. The lowest BCUT2D eigenvalue weighted by Gasteiger charge is -2.39. The van der Waals surface area contributed by atoms with E-state index < -0.39 is 0 Å². The number of piperidine rings is 1. The van der Waals surface area contributed by atoms with Crippen molar-refractivity contribution in [3.05, 3.63) is 35.9 Å². The third kappa shape index (κ3) is 4.56. The minimum absolute atomic E-state index is 0.287. The number of rotatable bonds is 5. The maximum absolute atomic E-state index is 9.72. The lowest BCUT2D eigenvalue weighted by molar-refractivity contribution is 0.154. The molecule has 0 spiro atoms. The summed E-state index contributed by atoms with van der Waals surface area (Å²) in [4.78, 5) is 2.48. The van der Waals surface area contributed by atoms with Crippen LogP contribution in [-0.4, -0.2) is 30.1 Å². The minimum Gasteiger partial charge on any atom is -0.299 e. The van der Waals surface area contributed by atoms with Crippen LogP contribution in [0, 0.1) is 17.2 Å². The van der Waals surface area contributed by atoms with E-state index in [0.29, 0.717) is 0 Å². The lowest BCUT2D eigenvalue weighted by Crippen LogP contribution is -2.53. The SMILES string of the molecule is N#CC1(NCC2CCCCC2)CCN(Cc2ccccc2)CC1. The number of hydrogen-bond acceptors (Lipinski definition) is 3. The third-order valence-electron chi connectivity index (χ3n) is 5.63. The summed E-state index contributed by atoms with van der Waals surface area (Å²) in [5.74, 6) is 0.788. The van der Waals surface area contributed by atoms with E-state index in [1.807, 2.05) is 0 Å². The zero-order chi connectivity index (χ0) is 16.0. The Balaban J connectivity index is 1.47. The van der Waals surface area contributed by atoms with E-state index >= 15 is 0 Å². The molecular formula is C20H29N3. The van der Waals surface area contributed by atoms with Crippen molar-refractivity contribution in [2.24, 2.45) is 5.92 Å². The van der Waals surface area contributed by atoms with E-state index in [0.717, 1.165) is 44.9 Å². The largest absolute Gasteiger partial charge is 0.299 e. The molecule has 2 aliphatic rings. The molecule has 0 atom stereocenters. The molecule has 1 N–H and O–H groups in total. The maximum Gasteiger partial charge on any atom is 0.109 e. The van der Waals surface area contributed by atoms with Gasteiger partial charge in [0.15, 0.2) is 0 Å². The molecule has 3 rings (SSSR count). The molecule has 0 radical (unpaired) electrons. The zero-order valence-electron chi connectivity index (χ0n) is 14.1. The van der Waals surface area contributed by atoms with E-state index in [1.54, 1.807) is 0 Å². The van der Waals surface area contributed by atoms with Gasteiger partial charge >= 0.3 is 0 Å². The Bertz CT molecular complexity index is 505. The van der Waals surface area contributed by atoms with Crippen LogP contribution in [0.4, 0.5) is 0 Å². The van der Waals surface area contributed by atoms with Gasteiger partial charge in [0.1, 0.15) is 5.54 Å². The van der Waals surface area contributed by atoms with Gasteiger partial charge in [-0.05, 0) is 43.7 Å². The van der Waals surface area contributed by atoms with Crippen molar-refractivity contribution in [2.45, 2.75) is 57.0 Å². The second-order valence-corrected chi connectivity index (χ2v) is 7.34. The molecule has 0 unspecified atom stereocenters. The number of nitrogens with zero attached hydrogens (tertiary/aromatic N) is 2. The van der Waals surface area contributed by atoms with Crippen LogP contribution in [0.5, 0.6) is 0 Å². The molecule has 1 aromatic carbocycles. The first-order valence-corrected chi connectivity index (χ1v) is 9.22. The quantitative estimate of drug-likeness (QED) is 0.901. The summed E-state index contributed by atoms with van der Waals surface area (Å²) in [6, 6.07) is 13.2. The summed E-state index contributed by atoms with van der Waals surface area (Å²) in [7, 11) is 0. The maximum atomic E-state index is 9.72. The van der Waals surface area contributed by atoms with Gasteiger partial charge in [0.2, 0.25) is 0 Å². The summed E-state index contributed by atoms with van der Waals surface area (Å²) < 4.78 is 0. The first-order chi connectivity index (χ1) is 11.3. The smallest absolute Gasteiger partial charge is 0.109 e. The second kappa shape index (κ2) is 7.95. The molecule has 2 fully saturated rings. The highest BCUT2D eigenvalue weighted by Crippen LogP contribution is 2.26. The van der Waals surface area contributed by atoms with Gasteiger partial charge < -0.3 is 0 Å². The summed E-state index contributed by atoms with van der Waals surface area (Å²) in [6.07, 6.45) is 8.72. The normalized spacial score (nSPS) is 22.6. The first kappa shape index (κ1) is 16.5. The number of hydrogen-bond donors (Lipinski definition) is 1. The molecule has 1 aliphatic carbocycles. The molecular weight excluding hydrogens is 282 g/mol. The van der Waals surface area contributed by atoms with Gasteiger partial charge in [-0.25, -0.2) is 0 Å². The van der Waals surface area contributed by atoms with Crippen molar-refractivity contribution >= 4 is 0 Å². The molecule has 1 heterocycles. The third-order valence-corrected chi connectivity index (χ3v) is 5.63. The summed E-state index contributed by atoms with van der Waals surface area (Å²) in [5.41, 5.74) is 1.08. The van der Waals surface area contributed by atoms with Gasteiger partial charge in [0.25, 0.3) is 0 Å². The predicted molar refractivity (Wildman–Crippen MR) is 93.9 cm³/mol. The molecule has 1 aromatic rings. The van der Waals surface area contributed by atoms with Gasteiger partial charge in [-0.2, -0.15) is 5.26 Å². The Labute approximate surface area is 140 Å². The fraction of sp³-hybridized carbons (Fsp3) is 0.650. The van der Waals surface area contributed by atoms with Gasteiger partial charge in [-0.15, -0.1) is 0 Å². The average Bonchev–Trinajstić information content (AvgIpc) is 2.63. The predicted octanol–water partition coefficient (Wildman–Crippen LogP) is 3.71. The molecule has 1 aliphatic heterocycles. The van der Waals surface area contributed by atoms with Crippen LogP contribution < -0.4 is 5.32 Å². The van der Waals surface area contributed by atoms with Crippen LogP contribution in [-0.2, 0) is 6.54 Å². The monoisotopic (exact) mass is 311 g/mol. The fourth-order valence-corrected chi connectivity index (χ4v) is 3.99. The van der Waals surface area contributed by atoms with Crippen LogP contribution in [0.1, 0.15) is 50.5 Å².